The minimum atomic E-state index is -0.217. The predicted octanol–water partition coefficient (Wildman–Crippen LogP) is 6.18. The van der Waals surface area contributed by atoms with Crippen LogP contribution < -0.4 is 10.7 Å². The van der Waals surface area contributed by atoms with Crippen molar-refractivity contribution in [2.75, 3.05) is 5.32 Å². The zero-order valence-corrected chi connectivity index (χ0v) is 18.5. The molecule has 30 heavy (non-hydrogen) atoms. The van der Waals surface area contributed by atoms with E-state index in [9.17, 15) is 9.59 Å². The quantitative estimate of drug-likeness (QED) is 0.255. The maximum atomic E-state index is 12.4. The number of halogens is 1. The molecule has 2 aromatic rings. The molecule has 0 spiro atoms. The van der Waals surface area contributed by atoms with Gasteiger partial charge in [0.1, 0.15) is 0 Å². The number of amides is 2. The van der Waals surface area contributed by atoms with Crippen molar-refractivity contribution in [3.05, 3.63) is 64.7 Å². The topological polar surface area (TPSA) is 70.6 Å². The van der Waals surface area contributed by atoms with Crippen LogP contribution in [0.5, 0.6) is 0 Å². The van der Waals surface area contributed by atoms with Crippen molar-refractivity contribution >= 4 is 34.8 Å². The molecule has 160 valence electrons. The Kier molecular flexibility index (Phi) is 10.1. The van der Waals surface area contributed by atoms with Gasteiger partial charge < -0.3 is 5.32 Å². The summed E-state index contributed by atoms with van der Waals surface area (Å²) in [4.78, 5) is 24.3. The van der Waals surface area contributed by atoms with Crippen molar-refractivity contribution in [2.24, 2.45) is 5.10 Å². The fourth-order valence-corrected chi connectivity index (χ4v) is 3.09. The van der Waals surface area contributed by atoms with Crippen LogP contribution in [0.3, 0.4) is 0 Å². The highest BCUT2D eigenvalue weighted by Gasteiger charge is 2.07. The van der Waals surface area contributed by atoms with Crippen molar-refractivity contribution in [1.29, 1.82) is 0 Å². The van der Waals surface area contributed by atoms with Crippen LogP contribution in [0.4, 0.5) is 5.69 Å². The van der Waals surface area contributed by atoms with Gasteiger partial charge in [-0.1, -0.05) is 62.8 Å². The number of anilines is 1. The summed E-state index contributed by atoms with van der Waals surface area (Å²) >= 11 is 5.86. The van der Waals surface area contributed by atoms with Crippen LogP contribution in [0.15, 0.2) is 53.6 Å². The van der Waals surface area contributed by atoms with Crippen LogP contribution >= 0.6 is 11.6 Å². The van der Waals surface area contributed by atoms with Crippen molar-refractivity contribution in [2.45, 2.75) is 58.8 Å². The van der Waals surface area contributed by atoms with E-state index in [1.165, 1.54) is 25.7 Å². The molecule has 5 nitrogen and oxygen atoms in total. The van der Waals surface area contributed by atoms with E-state index in [0.29, 0.717) is 28.4 Å². The molecule has 0 saturated heterocycles. The predicted molar refractivity (Wildman–Crippen MR) is 124 cm³/mol. The third kappa shape index (κ3) is 8.37. The van der Waals surface area contributed by atoms with Crippen LogP contribution in [-0.4, -0.2) is 17.5 Å². The summed E-state index contributed by atoms with van der Waals surface area (Å²) in [5, 5.41) is 7.65. The number of hydrogen-bond acceptors (Lipinski definition) is 3. The standard InChI is InChI=1S/C24H30ClN3O2/c1-3-4-5-6-7-8-12-23(29)28-27-18(2)20-10-9-11-22(17-20)26-24(30)19-13-15-21(25)16-14-19/h9-11,13-17H,3-8,12H2,1-2H3,(H,26,30)(H,28,29). The second-order valence-corrected chi connectivity index (χ2v) is 7.73. The summed E-state index contributed by atoms with van der Waals surface area (Å²) in [7, 11) is 0. The molecule has 0 aromatic heterocycles. The minimum absolute atomic E-state index is 0.0722. The number of nitrogens with zero attached hydrogens (tertiary/aromatic N) is 1. The van der Waals surface area contributed by atoms with E-state index in [1.54, 1.807) is 24.3 Å². The van der Waals surface area contributed by atoms with Gasteiger partial charge in [-0.25, -0.2) is 5.43 Å². The number of carbonyl (C=O) groups is 2. The molecule has 2 aromatic carbocycles. The van der Waals surface area contributed by atoms with E-state index in [2.05, 4.69) is 22.8 Å². The molecule has 2 amide bonds. The number of nitrogens with one attached hydrogen (secondary N) is 2. The molecule has 0 aliphatic heterocycles. The first-order valence-electron chi connectivity index (χ1n) is 10.5. The highest BCUT2D eigenvalue weighted by Crippen LogP contribution is 2.15. The van der Waals surface area contributed by atoms with E-state index in [1.807, 2.05) is 31.2 Å². The third-order valence-corrected chi connectivity index (χ3v) is 5.00. The Morgan fingerprint density at radius 2 is 1.63 bits per heavy atom. The highest BCUT2D eigenvalue weighted by molar-refractivity contribution is 6.30. The lowest BCUT2D eigenvalue weighted by Crippen LogP contribution is -2.19. The van der Waals surface area contributed by atoms with Crippen molar-refractivity contribution in [3.8, 4) is 0 Å². The van der Waals surface area contributed by atoms with Gasteiger partial charge in [-0.2, -0.15) is 5.10 Å². The number of hydrogen-bond donors (Lipinski definition) is 2. The highest BCUT2D eigenvalue weighted by atomic mass is 35.5. The molecular formula is C24H30ClN3O2. The van der Waals surface area contributed by atoms with Gasteiger partial charge in [0, 0.05) is 22.7 Å². The summed E-state index contributed by atoms with van der Waals surface area (Å²) in [5.74, 6) is -0.289. The lowest BCUT2D eigenvalue weighted by molar-refractivity contribution is -0.121. The Hall–Kier alpha value is -2.66. The number of unbranched alkanes of at least 4 members (excludes halogenated alkanes) is 5. The Balaban J connectivity index is 1.85. The molecule has 2 rings (SSSR count). The van der Waals surface area contributed by atoms with Crippen LogP contribution in [-0.2, 0) is 4.79 Å². The monoisotopic (exact) mass is 427 g/mol. The van der Waals surface area contributed by atoms with E-state index < -0.39 is 0 Å². The summed E-state index contributed by atoms with van der Waals surface area (Å²) in [6.45, 7) is 4.02. The molecular weight excluding hydrogens is 398 g/mol. The Morgan fingerprint density at radius 1 is 0.933 bits per heavy atom. The Labute approximate surface area is 183 Å². The molecule has 0 aliphatic carbocycles. The van der Waals surface area contributed by atoms with Gasteiger partial charge in [0.25, 0.3) is 5.91 Å². The average molecular weight is 428 g/mol. The lowest BCUT2D eigenvalue weighted by atomic mass is 10.1. The van der Waals surface area contributed by atoms with E-state index in [-0.39, 0.29) is 11.8 Å². The van der Waals surface area contributed by atoms with E-state index >= 15 is 0 Å². The zero-order chi connectivity index (χ0) is 21.8. The summed E-state index contributed by atoms with van der Waals surface area (Å²) in [5.41, 5.74) is 5.30. The van der Waals surface area contributed by atoms with Crippen LogP contribution in [0, 0.1) is 0 Å². The van der Waals surface area contributed by atoms with Gasteiger partial charge in [0.2, 0.25) is 5.91 Å². The summed E-state index contributed by atoms with van der Waals surface area (Å²) < 4.78 is 0. The first-order valence-corrected chi connectivity index (χ1v) is 10.9. The molecule has 6 heteroatoms. The normalized spacial score (nSPS) is 11.2. The number of rotatable bonds is 11. The molecule has 2 N–H and O–H groups in total. The molecule has 0 bridgehead atoms. The maximum Gasteiger partial charge on any atom is 0.255 e. The van der Waals surface area contributed by atoms with Crippen LogP contribution in [0.25, 0.3) is 0 Å². The fraction of sp³-hybridized carbons (Fsp3) is 0.375. The molecule has 0 atom stereocenters. The SMILES string of the molecule is CCCCCCCCC(=O)NN=C(C)c1cccc(NC(=O)c2ccc(Cl)cc2)c1. The second kappa shape index (κ2) is 12.8. The van der Waals surface area contributed by atoms with Crippen LogP contribution in [0.2, 0.25) is 5.02 Å². The van der Waals surface area contributed by atoms with E-state index in [4.69, 9.17) is 11.6 Å². The largest absolute Gasteiger partial charge is 0.322 e. The minimum Gasteiger partial charge on any atom is -0.322 e. The molecule has 0 radical (unpaired) electrons. The average Bonchev–Trinajstić information content (AvgIpc) is 2.75. The number of hydrazone groups is 1. The first-order chi connectivity index (χ1) is 14.5. The van der Waals surface area contributed by atoms with Crippen molar-refractivity contribution in [1.82, 2.24) is 5.43 Å². The summed E-state index contributed by atoms with van der Waals surface area (Å²) in [6.07, 6.45) is 7.34. The van der Waals surface area contributed by atoms with Gasteiger partial charge in [-0.05, 0) is 55.3 Å². The zero-order valence-electron chi connectivity index (χ0n) is 17.7. The number of benzene rings is 2. The molecule has 0 saturated carbocycles. The van der Waals surface area contributed by atoms with Crippen molar-refractivity contribution < 1.29 is 9.59 Å². The third-order valence-electron chi connectivity index (χ3n) is 4.75. The molecule has 0 heterocycles. The molecule has 0 aliphatic rings. The Bertz CT molecular complexity index is 863. The second-order valence-electron chi connectivity index (χ2n) is 7.29. The Morgan fingerprint density at radius 3 is 2.37 bits per heavy atom. The lowest BCUT2D eigenvalue weighted by Gasteiger charge is -2.08. The van der Waals surface area contributed by atoms with Gasteiger partial charge in [-0.3, -0.25) is 9.59 Å². The fourth-order valence-electron chi connectivity index (χ4n) is 2.96. The van der Waals surface area contributed by atoms with Crippen LogP contribution in [0.1, 0.15) is 74.7 Å². The maximum absolute atomic E-state index is 12.4. The van der Waals surface area contributed by atoms with Gasteiger partial charge in [0.15, 0.2) is 0 Å². The smallest absolute Gasteiger partial charge is 0.255 e. The van der Waals surface area contributed by atoms with Gasteiger partial charge in [0.05, 0.1) is 5.71 Å². The summed E-state index contributed by atoms with van der Waals surface area (Å²) in [6, 6.07) is 14.1. The van der Waals surface area contributed by atoms with E-state index in [0.717, 1.165) is 18.4 Å². The van der Waals surface area contributed by atoms with Gasteiger partial charge >= 0.3 is 0 Å². The molecule has 0 fully saturated rings. The molecule has 0 unspecified atom stereocenters. The number of carbonyl (C=O) groups excluding carboxylic acids is 2. The van der Waals surface area contributed by atoms with Crippen molar-refractivity contribution in [3.63, 3.8) is 0 Å². The van der Waals surface area contributed by atoms with Gasteiger partial charge in [-0.15, -0.1) is 0 Å². The first kappa shape index (κ1) is 23.6.